The van der Waals surface area contributed by atoms with E-state index in [1.54, 1.807) is 6.07 Å². The second-order valence-electron chi connectivity index (χ2n) is 5.48. The number of rotatable bonds is 4. The van der Waals surface area contributed by atoms with E-state index in [0.29, 0.717) is 17.8 Å². The van der Waals surface area contributed by atoms with Crippen LogP contribution in [0.3, 0.4) is 0 Å². The predicted octanol–water partition coefficient (Wildman–Crippen LogP) is 2.71. The van der Waals surface area contributed by atoms with Crippen LogP contribution in [0.4, 0.5) is 0 Å². The van der Waals surface area contributed by atoms with Crippen molar-refractivity contribution < 1.29 is 9.21 Å². The van der Waals surface area contributed by atoms with Gasteiger partial charge in [-0.3, -0.25) is 4.79 Å². The van der Waals surface area contributed by atoms with Crippen molar-refractivity contribution in [3.63, 3.8) is 0 Å². The molecule has 1 aromatic heterocycles. The third-order valence-electron chi connectivity index (χ3n) is 3.86. The third-order valence-corrected chi connectivity index (χ3v) is 3.86. The molecule has 1 aliphatic rings. The fourth-order valence-corrected chi connectivity index (χ4v) is 2.80. The van der Waals surface area contributed by atoms with Crippen LogP contribution >= 0.6 is 0 Å². The molecule has 0 radical (unpaired) electrons. The van der Waals surface area contributed by atoms with Gasteiger partial charge in [0.15, 0.2) is 5.76 Å². The van der Waals surface area contributed by atoms with Crippen molar-refractivity contribution >= 4 is 5.91 Å². The van der Waals surface area contributed by atoms with Gasteiger partial charge in [0, 0.05) is 18.6 Å². The van der Waals surface area contributed by atoms with Crippen LogP contribution in [0.25, 0.3) is 0 Å². The van der Waals surface area contributed by atoms with Crippen molar-refractivity contribution in [1.29, 1.82) is 0 Å². The van der Waals surface area contributed by atoms with E-state index in [-0.39, 0.29) is 5.91 Å². The lowest BCUT2D eigenvalue weighted by Crippen LogP contribution is -2.44. The highest BCUT2D eigenvalue weighted by Crippen LogP contribution is 2.24. The minimum absolute atomic E-state index is 0.0235. The summed E-state index contributed by atoms with van der Waals surface area (Å²) >= 11 is 0. The van der Waals surface area contributed by atoms with Gasteiger partial charge in [-0.15, -0.1) is 0 Å². The summed E-state index contributed by atoms with van der Waals surface area (Å²) in [6.45, 7) is 4.75. The average molecular weight is 264 g/mol. The first-order valence-electron chi connectivity index (χ1n) is 7.24. The molecule has 19 heavy (non-hydrogen) atoms. The molecule has 0 spiro atoms. The summed E-state index contributed by atoms with van der Waals surface area (Å²) in [6.07, 6.45) is 5.00. The molecule has 1 fully saturated rings. The number of carbonyl (C=O) groups excluding carboxylic acids is 1. The molecule has 0 aromatic carbocycles. The lowest BCUT2D eigenvalue weighted by atomic mass is 9.90. The average Bonchev–Trinajstić information content (AvgIpc) is 2.83. The zero-order valence-corrected chi connectivity index (χ0v) is 11.9. The number of nitrogens with zero attached hydrogens (tertiary/aromatic N) is 1. The summed E-state index contributed by atoms with van der Waals surface area (Å²) in [5, 5.41) is 0. The Morgan fingerprint density at radius 3 is 2.58 bits per heavy atom. The zero-order valence-electron chi connectivity index (χ0n) is 11.9. The third kappa shape index (κ3) is 3.38. The highest BCUT2D eigenvalue weighted by Gasteiger charge is 2.29. The Hall–Kier alpha value is -1.29. The number of amides is 1. The van der Waals surface area contributed by atoms with Gasteiger partial charge in [0.1, 0.15) is 5.76 Å². The maximum absolute atomic E-state index is 12.5. The summed E-state index contributed by atoms with van der Waals surface area (Å²) in [7, 11) is 0. The van der Waals surface area contributed by atoms with E-state index >= 15 is 0 Å². The van der Waals surface area contributed by atoms with Crippen LogP contribution < -0.4 is 5.73 Å². The zero-order chi connectivity index (χ0) is 13.8. The highest BCUT2D eigenvalue weighted by atomic mass is 16.3. The quantitative estimate of drug-likeness (QED) is 0.909. The van der Waals surface area contributed by atoms with E-state index in [1.165, 1.54) is 0 Å². The van der Waals surface area contributed by atoms with Crippen LogP contribution in [0.2, 0.25) is 0 Å². The lowest BCUT2D eigenvalue weighted by Gasteiger charge is -2.35. The molecule has 0 aliphatic heterocycles. The monoisotopic (exact) mass is 264 g/mol. The molecule has 106 valence electrons. The molecule has 0 bridgehead atoms. The van der Waals surface area contributed by atoms with E-state index in [0.717, 1.165) is 44.4 Å². The van der Waals surface area contributed by atoms with Crippen molar-refractivity contribution in [2.45, 2.75) is 58.0 Å². The van der Waals surface area contributed by atoms with Gasteiger partial charge in [0.05, 0.1) is 0 Å². The molecule has 2 rings (SSSR count). The summed E-state index contributed by atoms with van der Waals surface area (Å²) in [5.74, 6) is 1.27. The molecule has 4 heteroatoms. The summed E-state index contributed by atoms with van der Waals surface area (Å²) in [6, 6.07) is 4.24. The molecule has 1 aromatic rings. The summed E-state index contributed by atoms with van der Waals surface area (Å²) in [5.41, 5.74) is 5.94. The van der Waals surface area contributed by atoms with Crippen molar-refractivity contribution in [1.82, 2.24) is 4.90 Å². The Bertz CT molecular complexity index is 420. The molecular formula is C15H24N2O2. The molecule has 1 saturated carbocycles. The topological polar surface area (TPSA) is 59.5 Å². The molecule has 1 aliphatic carbocycles. The van der Waals surface area contributed by atoms with Crippen molar-refractivity contribution in [2.75, 3.05) is 6.54 Å². The Labute approximate surface area is 114 Å². The summed E-state index contributed by atoms with van der Waals surface area (Å²) < 4.78 is 5.47. The molecule has 1 heterocycles. The van der Waals surface area contributed by atoms with E-state index < -0.39 is 0 Å². The summed E-state index contributed by atoms with van der Waals surface area (Å²) in [4.78, 5) is 14.5. The minimum atomic E-state index is 0.0235. The van der Waals surface area contributed by atoms with Crippen LogP contribution in [-0.2, 0) is 0 Å². The second kappa shape index (κ2) is 6.24. The number of carbonyl (C=O) groups is 1. The molecule has 4 nitrogen and oxygen atoms in total. The van der Waals surface area contributed by atoms with Crippen LogP contribution in [0.1, 0.15) is 55.3 Å². The molecule has 0 atom stereocenters. The maximum Gasteiger partial charge on any atom is 0.289 e. The largest absolute Gasteiger partial charge is 0.456 e. The standard InChI is InChI=1S/C15H24N2O2/c1-3-10-17(13-7-5-12(16)6-8-13)15(18)14-9-4-11(2)19-14/h4,9,12-13H,3,5-8,10,16H2,1-2H3. The lowest BCUT2D eigenvalue weighted by molar-refractivity contribution is 0.0593. The van der Waals surface area contributed by atoms with E-state index in [4.69, 9.17) is 10.2 Å². The molecule has 0 unspecified atom stereocenters. The number of furan rings is 1. The van der Waals surface area contributed by atoms with Crippen molar-refractivity contribution in [3.05, 3.63) is 23.7 Å². The fourth-order valence-electron chi connectivity index (χ4n) is 2.80. The molecule has 2 N–H and O–H groups in total. The van der Waals surface area contributed by atoms with Gasteiger partial charge in [0.25, 0.3) is 5.91 Å². The Balaban J connectivity index is 2.08. The number of aryl methyl sites for hydroxylation is 1. The number of hydrogen-bond acceptors (Lipinski definition) is 3. The van der Waals surface area contributed by atoms with Crippen LogP contribution in [0.15, 0.2) is 16.5 Å². The normalized spacial score (nSPS) is 23.3. The van der Waals surface area contributed by atoms with Gasteiger partial charge < -0.3 is 15.1 Å². The second-order valence-corrected chi connectivity index (χ2v) is 5.48. The first kappa shape index (κ1) is 14.1. The number of hydrogen-bond donors (Lipinski definition) is 1. The highest BCUT2D eigenvalue weighted by molar-refractivity contribution is 5.91. The van der Waals surface area contributed by atoms with E-state index in [9.17, 15) is 4.79 Å². The SMILES string of the molecule is CCCN(C(=O)c1ccc(C)o1)C1CCC(N)CC1. The Kier molecular flexibility index (Phi) is 4.64. The Morgan fingerprint density at radius 1 is 1.37 bits per heavy atom. The molecule has 1 amide bonds. The molecular weight excluding hydrogens is 240 g/mol. The van der Waals surface area contributed by atoms with Gasteiger partial charge in [-0.25, -0.2) is 0 Å². The van der Waals surface area contributed by atoms with Gasteiger partial charge in [-0.05, 0) is 51.2 Å². The first-order valence-corrected chi connectivity index (χ1v) is 7.24. The van der Waals surface area contributed by atoms with Crippen LogP contribution in [0, 0.1) is 6.92 Å². The Morgan fingerprint density at radius 2 is 2.05 bits per heavy atom. The first-order chi connectivity index (χ1) is 9.11. The van der Waals surface area contributed by atoms with Crippen molar-refractivity contribution in [2.24, 2.45) is 5.73 Å². The smallest absolute Gasteiger partial charge is 0.289 e. The number of nitrogens with two attached hydrogens (primary N) is 1. The minimum Gasteiger partial charge on any atom is -0.456 e. The van der Waals surface area contributed by atoms with Crippen LogP contribution in [-0.4, -0.2) is 29.4 Å². The predicted molar refractivity (Wildman–Crippen MR) is 75.0 cm³/mol. The van der Waals surface area contributed by atoms with E-state index in [1.807, 2.05) is 17.9 Å². The molecule has 0 saturated heterocycles. The fraction of sp³-hybridized carbons (Fsp3) is 0.667. The van der Waals surface area contributed by atoms with Crippen molar-refractivity contribution in [3.8, 4) is 0 Å². The van der Waals surface area contributed by atoms with Gasteiger partial charge in [-0.2, -0.15) is 0 Å². The van der Waals surface area contributed by atoms with Gasteiger partial charge in [0.2, 0.25) is 0 Å². The van der Waals surface area contributed by atoms with Gasteiger partial charge in [-0.1, -0.05) is 6.92 Å². The van der Waals surface area contributed by atoms with Crippen LogP contribution in [0.5, 0.6) is 0 Å². The maximum atomic E-state index is 12.5. The van der Waals surface area contributed by atoms with E-state index in [2.05, 4.69) is 6.92 Å². The van der Waals surface area contributed by atoms with Gasteiger partial charge >= 0.3 is 0 Å².